The number of carbonyl (C=O) groups excluding carboxylic acids is 2. The molecule has 2 aromatic rings. The van der Waals surface area contributed by atoms with Gasteiger partial charge in [0, 0.05) is 23.4 Å². The maximum atomic E-state index is 12.6. The van der Waals surface area contributed by atoms with Crippen molar-refractivity contribution in [2.45, 2.75) is 19.2 Å². The predicted molar refractivity (Wildman–Crippen MR) is 104 cm³/mol. The van der Waals surface area contributed by atoms with Gasteiger partial charge in [0.15, 0.2) is 6.10 Å². The summed E-state index contributed by atoms with van der Waals surface area (Å²) in [4.78, 5) is 24.1. The highest BCUT2D eigenvalue weighted by Crippen LogP contribution is 2.30. The fourth-order valence-electron chi connectivity index (χ4n) is 2.37. The number of methoxy groups -OCH3 is 2. The Hall–Kier alpha value is -3.49. The minimum absolute atomic E-state index is 0.148. The van der Waals surface area contributed by atoms with E-state index in [4.69, 9.17) is 14.2 Å². The molecule has 9 heteroatoms. The van der Waals surface area contributed by atoms with Crippen molar-refractivity contribution in [2.75, 3.05) is 19.5 Å². The van der Waals surface area contributed by atoms with Crippen LogP contribution in [0, 0.1) is 0 Å². The van der Waals surface area contributed by atoms with Crippen LogP contribution in [0.25, 0.3) is 6.08 Å². The second kappa shape index (κ2) is 9.82. The van der Waals surface area contributed by atoms with Crippen molar-refractivity contribution in [3.63, 3.8) is 0 Å². The van der Waals surface area contributed by atoms with Crippen LogP contribution >= 0.6 is 0 Å². The van der Waals surface area contributed by atoms with Gasteiger partial charge in [-0.1, -0.05) is 0 Å². The molecule has 2 rings (SSSR count). The SMILES string of the molecule is COc1ccc(/C=C/C(=O)OC(C)C(=O)Nc2ccc(C(F)(F)F)cc2)c(OC)c1. The number of amides is 1. The molecule has 2 aromatic carbocycles. The number of halogens is 3. The van der Waals surface area contributed by atoms with Crippen molar-refractivity contribution >= 4 is 23.6 Å². The van der Waals surface area contributed by atoms with E-state index in [1.165, 1.54) is 27.2 Å². The molecule has 30 heavy (non-hydrogen) atoms. The van der Waals surface area contributed by atoms with Crippen molar-refractivity contribution in [1.29, 1.82) is 0 Å². The van der Waals surface area contributed by atoms with Crippen LogP contribution in [-0.4, -0.2) is 32.2 Å². The number of nitrogens with one attached hydrogen (secondary N) is 1. The number of anilines is 1. The Bertz CT molecular complexity index is 923. The number of alkyl halides is 3. The molecule has 0 saturated carbocycles. The van der Waals surface area contributed by atoms with Gasteiger partial charge in [0.1, 0.15) is 11.5 Å². The average molecular weight is 423 g/mol. The van der Waals surface area contributed by atoms with E-state index in [-0.39, 0.29) is 5.69 Å². The second-order valence-corrected chi connectivity index (χ2v) is 6.08. The zero-order valence-electron chi connectivity index (χ0n) is 16.4. The fourth-order valence-corrected chi connectivity index (χ4v) is 2.37. The van der Waals surface area contributed by atoms with Gasteiger partial charge < -0.3 is 19.5 Å². The van der Waals surface area contributed by atoms with Crippen molar-refractivity contribution in [3.8, 4) is 11.5 Å². The van der Waals surface area contributed by atoms with Gasteiger partial charge in [0.05, 0.1) is 19.8 Å². The first-order chi connectivity index (χ1) is 14.1. The molecule has 0 heterocycles. The van der Waals surface area contributed by atoms with Crippen LogP contribution in [0.3, 0.4) is 0 Å². The molecule has 1 unspecified atom stereocenters. The summed E-state index contributed by atoms with van der Waals surface area (Å²) in [6, 6.07) is 8.94. The lowest BCUT2D eigenvalue weighted by Gasteiger charge is -2.13. The van der Waals surface area contributed by atoms with Crippen molar-refractivity contribution in [3.05, 3.63) is 59.7 Å². The first kappa shape index (κ1) is 22.8. The van der Waals surface area contributed by atoms with E-state index in [2.05, 4.69) is 5.32 Å². The molecule has 1 amide bonds. The van der Waals surface area contributed by atoms with Gasteiger partial charge in [-0.05, 0) is 49.4 Å². The van der Waals surface area contributed by atoms with Crippen LogP contribution in [0.5, 0.6) is 11.5 Å². The summed E-state index contributed by atoms with van der Waals surface area (Å²) in [5, 5.41) is 2.39. The highest BCUT2D eigenvalue weighted by molar-refractivity contribution is 5.96. The van der Waals surface area contributed by atoms with Gasteiger partial charge in [-0.3, -0.25) is 4.79 Å². The number of carbonyl (C=O) groups is 2. The Kier molecular flexibility index (Phi) is 7.46. The molecule has 0 aliphatic rings. The monoisotopic (exact) mass is 423 g/mol. The molecular weight excluding hydrogens is 403 g/mol. The zero-order chi connectivity index (χ0) is 22.3. The summed E-state index contributed by atoms with van der Waals surface area (Å²) in [5.74, 6) is -0.395. The van der Waals surface area contributed by atoms with Gasteiger partial charge in [-0.25, -0.2) is 4.79 Å². The highest BCUT2D eigenvalue weighted by atomic mass is 19.4. The fraction of sp³-hybridized carbons (Fsp3) is 0.238. The predicted octanol–water partition coefficient (Wildman–Crippen LogP) is 4.31. The molecule has 0 bridgehead atoms. The molecule has 0 spiro atoms. The van der Waals surface area contributed by atoms with Crippen LogP contribution in [0.4, 0.5) is 18.9 Å². The lowest BCUT2D eigenvalue weighted by Crippen LogP contribution is -2.29. The number of benzene rings is 2. The minimum Gasteiger partial charge on any atom is -0.497 e. The molecule has 0 fully saturated rings. The second-order valence-electron chi connectivity index (χ2n) is 6.08. The quantitative estimate of drug-likeness (QED) is 0.531. The minimum atomic E-state index is -4.47. The normalized spacial score (nSPS) is 12.3. The molecule has 0 aromatic heterocycles. The van der Waals surface area contributed by atoms with Crippen molar-refractivity contribution in [2.24, 2.45) is 0 Å². The number of hydrogen-bond acceptors (Lipinski definition) is 5. The highest BCUT2D eigenvalue weighted by Gasteiger charge is 2.30. The third kappa shape index (κ3) is 6.26. The largest absolute Gasteiger partial charge is 0.497 e. The topological polar surface area (TPSA) is 73.9 Å². The van der Waals surface area contributed by atoms with Gasteiger partial charge >= 0.3 is 12.1 Å². The summed E-state index contributed by atoms with van der Waals surface area (Å²) >= 11 is 0. The van der Waals surface area contributed by atoms with Gasteiger partial charge in [0.25, 0.3) is 5.91 Å². The van der Waals surface area contributed by atoms with Crippen LogP contribution in [0.15, 0.2) is 48.5 Å². The molecule has 160 valence electrons. The molecular formula is C21H20F3NO5. The summed E-state index contributed by atoms with van der Waals surface area (Å²) < 4.78 is 53.0. The zero-order valence-corrected chi connectivity index (χ0v) is 16.4. The van der Waals surface area contributed by atoms with Crippen LogP contribution in [-0.2, 0) is 20.5 Å². The molecule has 1 atom stereocenters. The van der Waals surface area contributed by atoms with Crippen molar-refractivity contribution in [1.82, 2.24) is 0 Å². The number of ether oxygens (including phenoxy) is 3. The van der Waals surface area contributed by atoms with E-state index in [1.54, 1.807) is 18.2 Å². The lowest BCUT2D eigenvalue weighted by molar-refractivity contribution is -0.148. The Labute approximate surface area is 171 Å². The van der Waals surface area contributed by atoms with E-state index in [0.29, 0.717) is 17.1 Å². The first-order valence-corrected chi connectivity index (χ1v) is 8.73. The van der Waals surface area contributed by atoms with E-state index < -0.39 is 29.7 Å². The number of esters is 1. The van der Waals surface area contributed by atoms with Gasteiger partial charge in [0.2, 0.25) is 0 Å². The van der Waals surface area contributed by atoms with E-state index >= 15 is 0 Å². The lowest BCUT2D eigenvalue weighted by atomic mass is 10.1. The number of rotatable bonds is 7. The Morgan fingerprint density at radius 3 is 2.27 bits per heavy atom. The van der Waals surface area contributed by atoms with E-state index in [0.717, 1.165) is 30.3 Å². The summed E-state index contributed by atoms with van der Waals surface area (Å²) in [6.45, 7) is 1.35. The van der Waals surface area contributed by atoms with Gasteiger partial charge in [-0.15, -0.1) is 0 Å². The van der Waals surface area contributed by atoms with Crippen molar-refractivity contribution < 1.29 is 37.0 Å². The van der Waals surface area contributed by atoms with Gasteiger partial charge in [-0.2, -0.15) is 13.2 Å². The van der Waals surface area contributed by atoms with Crippen LogP contribution in [0.1, 0.15) is 18.1 Å². The standard InChI is InChI=1S/C21H20F3NO5/c1-13(20(27)25-16-8-6-15(7-9-16)21(22,23)24)30-19(26)11-5-14-4-10-17(28-2)12-18(14)29-3/h4-13H,1-3H3,(H,25,27)/b11-5+. The maximum absolute atomic E-state index is 12.6. The van der Waals surface area contributed by atoms with E-state index in [9.17, 15) is 22.8 Å². The molecule has 6 nitrogen and oxygen atoms in total. The number of hydrogen-bond donors (Lipinski definition) is 1. The summed E-state index contributed by atoms with van der Waals surface area (Å²) in [6.07, 6.45) is -3.04. The Morgan fingerprint density at radius 1 is 1.03 bits per heavy atom. The third-order valence-corrected chi connectivity index (χ3v) is 3.98. The average Bonchev–Trinajstić information content (AvgIpc) is 2.71. The molecule has 1 N–H and O–H groups in total. The summed E-state index contributed by atoms with van der Waals surface area (Å²) in [5.41, 5.74) is -0.0920. The molecule has 0 saturated heterocycles. The van der Waals surface area contributed by atoms with Crippen LogP contribution in [0.2, 0.25) is 0 Å². The van der Waals surface area contributed by atoms with Crippen LogP contribution < -0.4 is 14.8 Å². The Morgan fingerprint density at radius 2 is 1.70 bits per heavy atom. The smallest absolute Gasteiger partial charge is 0.416 e. The molecule has 0 radical (unpaired) electrons. The maximum Gasteiger partial charge on any atom is 0.416 e. The Balaban J connectivity index is 1.95. The first-order valence-electron chi connectivity index (χ1n) is 8.73. The summed E-state index contributed by atoms with van der Waals surface area (Å²) in [7, 11) is 2.98. The molecule has 0 aliphatic carbocycles. The molecule has 0 aliphatic heterocycles. The third-order valence-electron chi connectivity index (χ3n) is 3.98. The van der Waals surface area contributed by atoms with E-state index in [1.807, 2.05) is 0 Å².